The molecule has 0 radical (unpaired) electrons. The molecule has 2 aromatic carbocycles. The molecule has 2 atom stereocenters. The van der Waals surface area contributed by atoms with E-state index in [4.69, 9.17) is 26.4 Å². The molecule has 2 aliphatic rings. The molecule has 0 aromatic heterocycles. The molecule has 0 unspecified atom stereocenters. The van der Waals surface area contributed by atoms with Gasteiger partial charge in [0.1, 0.15) is 19.1 Å². The zero-order valence-electron chi connectivity index (χ0n) is 16.6. The summed E-state index contributed by atoms with van der Waals surface area (Å²) in [7, 11) is 0. The third-order valence-electron chi connectivity index (χ3n) is 5.48. The van der Waals surface area contributed by atoms with Crippen molar-refractivity contribution in [1.82, 2.24) is 10.6 Å². The number of rotatable bonds is 6. The minimum absolute atomic E-state index is 0.183. The molecule has 0 bridgehead atoms. The van der Waals surface area contributed by atoms with Crippen molar-refractivity contribution < 1.29 is 19.1 Å². The molecule has 0 amide bonds. The molecule has 2 aliphatic heterocycles. The Morgan fingerprint density at radius 2 is 1.83 bits per heavy atom. The molecule has 0 aliphatic carbocycles. The van der Waals surface area contributed by atoms with Gasteiger partial charge in [-0.3, -0.25) is 0 Å². The molecular weight excluding hydrogens is 386 g/mol. The van der Waals surface area contributed by atoms with E-state index in [1.165, 1.54) is 10.5 Å². The SMILES string of the molecule is C[C@H](NC(=S)NCc1ccc2c(c1)OCO2)[C@@H](c1ccccc1)[NH+]1CCOCC1. The van der Waals surface area contributed by atoms with E-state index in [-0.39, 0.29) is 12.8 Å². The molecule has 1 saturated heterocycles. The smallest absolute Gasteiger partial charge is 0.231 e. The second-order valence-corrected chi connectivity index (χ2v) is 7.87. The van der Waals surface area contributed by atoms with Crippen LogP contribution in [-0.4, -0.2) is 44.3 Å². The van der Waals surface area contributed by atoms with Gasteiger partial charge in [-0.25, -0.2) is 0 Å². The highest BCUT2D eigenvalue weighted by atomic mass is 32.1. The Hall–Kier alpha value is -2.35. The van der Waals surface area contributed by atoms with Gasteiger partial charge in [0.05, 0.1) is 19.3 Å². The number of ether oxygens (including phenoxy) is 3. The molecule has 2 heterocycles. The normalized spacial score (nSPS) is 18.1. The molecule has 29 heavy (non-hydrogen) atoms. The molecule has 0 spiro atoms. The number of fused-ring (bicyclic) bond motifs is 1. The quantitative estimate of drug-likeness (QED) is 0.622. The van der Waals surface area contributed by atoms with Crippen molar-refractivity contribution >= 4 is 17.3 Å². The first-order valence-electron chi connectivity index (χ1n) is 10.1. The number of morpholine rings is 1. The average molecular weight is 415 g/mol. The second-order valence-electron chi connectivity index (χ2n) is 7.46. The van der Waals surface area contributed by atoms with Crippen LogP contribution in [0, 0.1) is 0 Å². The van der Waals surface area contributed by atoms with Crippen LogP contribution in [0.3, 0.4) is 0 Å². The van der Waals surface area contributed by atoms with E-state index in [1.54, 1.807) is 0 Å². The van der Waals surface area contributed by atoms with Crippen LogP contribution in [0.15, 0.2) is 48.5 Å². The largest absolute Gasteiger partial charge is 0.454 e. The first-order valence-corrected chi connectivity index (χ1v) is 10.5. The summed E-state index contributed by atoms with van der Waals surface area (Å²) >= 11 is 5.59. The van der Waals surface area contributed by atoms with E-state index >= 15 is 0 Å². The molecule has 154 valence electrons. The third kappa shape index (κ3) is 4.98. The lowest BCUT2D eigenvalue weighted by Crippen LogP contribution is -3.15. The zero-order valence-corrected chi connectivity index (χ0v) is 17.5. The average Bonchev–Trinajstić information content (AvgIpc) is 3.22. The molecule has 0 saturated carbocycles. The van der Waals surface area contributed by atoms with Crippen molar-refractivity contribution in [1.29, 1.82) is 0 Å². The van der Waals surface area contributed by atoms with Crippen LogP contribution in [0.5, 0.6) is 11.5 Å². The number of nitrogens with one attached hydrogen (secondary N) is 3. The number of quaternary nitrogens is 1. The number of thiocarbonyl (C=S) groups is 1. The van der Waals surface area contributed by atoms with Crippen molar-refractivity contribution in [3.63, 3.8) is 0 Å². The fourth-order valence-electron chi connectivity index (χ4n) is 4.06. The maximum Gasteiger partial charge on any atom is 0.231 e. The van der Waals surface area contributed by atoms with Gasteiger partial charge in [-0.1, -0.05) is 36.4 Å². The summed E-state index contributed by atoms with van der Waals surface area (Å²) in [5.74, 6) is 1.58. The standard InChI is InChI=1S/C22H27N3O3S/c1-16(21(18-5-3-2-4-6-18)25-9-11-26-12-10-25)24-22(29)23-14-17-7-8-19-20(13-17)28-15-27-19/h2-8,13,16,21H,9-12,14-15H2,1H3,(H2,23,24,29)/p+1/t16-,21-/m0/s1. The summed E-state index contributed by atoms with van der Waals surface area (Å²) in [5.41, 5.74) is 2.42. The van der Waals surface area contributed by atoms with Gasteiger partial charge >= 0.3 is 0 Å². The Morgan fingerprint density at radius 1 is 1.07 bits per heavy atom. The number of hydrogen-bond donors (Lipinski definition) is 3. The van der Waals surface area contributed by atoms with Gasteiger partial charge in [-0.15, -0.1) is 0 Å². The summed E-state index contributed by atoms with van der Waals surface area (Å²) < 4.78 is 16.4. The number of hydrogen-bond acceptors (Lipinski definition) is 4. The number of benzene rings is 2. The molecular formula is C22H28N3O3S+. The Balaban J connectivity index is 1.37. The molecule has 7 heteroatoms. The molecule has 1 fully saturated rings. The van der Waals surface area contributed by atoms with Crippen LogP contribution in [-0.2, 0) is 11.3 Å². The zero-order chi connectivity index (χ0) is 20.1. The van der Waals surface area contributed by atoms with Crippen LogP contribution in [0.1, 0.15) is 24.1 Å². The van der Waals surface area contributed by atoms with Crippen molar-refractivity contribution in [3.05, 3.63) is 59.7 Å². The fourth-order valence-corrected chi connectivity index (χ4v) is 4.32. The van der Waals surface area contributed by atoms with Gasteiger partial charge < -0.3 is 29.7 Å². The Labute approximate surface area is 177 Å². The second kappa shape index (κ2) is 9.43. The van der Waals surface area contributed by atoms with Crippen molar-refractivity contribution in [3.8, 4) is 11.5 Å². The monoisotopic (exact) mass is 414 g/mol. The van der Waals surface area contributed by atoms with Gasteiger partial charge in [-0.05, 0) is 36.8 Å². The Morgan fingerprint density at radius 3 is 2.62 bits per heavy atom. The van der Waals surface area contributed by atoms with Gasteiger partial charge in [-0.2, -0.15) is 0 Å². The van der Waals surface area contributed by atoms with Crippen LogP contribution < -0.4 is 25.0 Å². The maximum absolute atomic E-state index is 5.59. The molecule has 4 rings (SSSR count). The summed E-state index contributed by atoms with van der Waals surface area (Å²) in [5, 5.41) is 7.48. The van der Waals surface area contributed by atoms with Crippen LogP contribution in [0.2, 0.25) is 0 Å². The molecule has 3 N–H and O–H groups in total. The summed E-state index contributed by atoms with van der Waals surface area (Å²) in [6, 6.07) is 17.1. The fraction of sp³-hybridized carbons (Fsp3) is 0.409. The van der Waals surface area contributed by atoms with Crippen molar-refractivity contribution in [2.24, 2.45) is 0 Å². The summed E-state index contributed by atoms with van der Waals surface area (Å²) in [6.07, 6.45) is 0. The highest BCUT2D eigenvalue weighted by Gasteiger charge is 2.31. The minimum Gasteiger partial charge on any atom is -0.454 e. The van der Waals surface area contributed by atoms with E-state index in [0.29, 0.717) is 17.7 Å². The van der Waals surface area contributed by atoms with Gasteiger partial charge in [0.2, 0.25) is 6.79 Å². The molecule has 6 nitrogen and oxygen atoms in total. The maximum atomic E-state index is 5.59. The van der Waals surface area contributed by atoms with Gasteiger partial charge in [0.25, 0.3) is 0 Å². The third-order valence-corrected chi connectivity index (χ3v) is 5.74. The van der Waals surface area contributed by atoms with Crippen molar-refractivity contribution in [2.75, 3.05) is 33.1 Å². The lowest BCUT2D eigenvalue weighted by molar-refractivity contribution is -0.940. The van der Waals surface area contributed by atoms with Crippen molar-refractivity contribution in [2.45, 2.75) is 25.6 Å². The van der Waals surface area contributed by atoms with E-state index < -0.39 is 0 Å². The topological polar surface area (TPSA) is 56.2 Å². The summed E-state index contributed by atoms with van der Waals surface area (Å²) in [6.45, 7) is 6.74. The van der Waals surface area contributed by atoms with Crippen LogP contribution in [0.25, 0.3) is 0 Å². The van der Waals surface area contributed by atoms with Gasteiger partial charge in [0.15, 0.2) is 16.6 Å². The first-order chi connectivity index (χ1) is 14.2. The first kappa shape index (κ1) is 19.9. The highest BCUT2D eigenvalue weighted by molar-refractivity contribution is 7.80. The Bertz CT molecular complexity index is 827. The predicted octanol–water partition coefficient (Wildman–Crippen LogP) is 1.42. The summed E-state index contributed by atoms with van der Waals surface area (Å²) in [4.78, 5) is 1.53. The lowest BCUT2D eigenvalue weighted by Gasteiger charge is -2.35. The lowest BCUT2D eigenvalue weighted by atomic mass is 9.98. The van der Waals surface area contributed by atoms with E-state index in [9.17, 15) is 0 Å². The Kier molecular flexibility index (Phi) is 6.49. The molecule has 2 aromatic rings. The van der Waals surface area contributed by atoms with E-state index in [2.05, 4.69) is 47.9 Å². The predicted molar refractivity (Wildman–Crippen MR) is 115 cm³/mol. The van der Waals surface area contributed by atoms with Crippen LogP contribution >= 0.6 is 12.2 Å². The van der Waals surface area contributed by atoms with Gasteiger partial charge in [0, 0.05) is 12.1 Å². The van der Waals surface area contributed by atoms with E-state index in [0.717, 1.165) is 43.4 Å². The minimum atomic E-state index is 0.183. The van der Waals surface area contributed by atoms with E-state index in [1.807, 2.05) is 18.2 Å². The van der Waals surface area contributed by atoms with Crippen LogP contribution in [0.4, 0.5) is 0 Å². The highest BCUT2D eigenvalue weighted by Crippen LogP contribution is 2.32.